The Labute approximate surface area is 218 Å². The number of thiazole rings is 1. The van der Waals surface area contributed by atoms with Crippen molar-refractivity contribution in [2.75, 3.05) is 5.88 Å². The number of carbonyl (C=O) groups is 2. The monoisotopic (exact) mass is 525 g/mol. The number of aryl methyl sites for hydroxylation is 1. The van der Waals surface area contributed by atoms with Crippen LogP contribution in [0.5, 0.6) is 0 Å². The molecule has 0 aromatic carbocycles. The maximum Gasteiger partial charge on any atom is 0.309 e. The lowest BCUT2D eigenvalue weighted by molar-refractivity contribution is -0.154. The first-order chi connectivity index (χ1) is 16.4. The normalized spacial score (nSPS) is 31.5. The average molecular weight is 526 g/mol. The van der Waals surface area contributed by atoms with Crippen molar-refractivity contribution < 1.29 is 24.5 Å². The van der Waals surface area contributed by atoms with Gasteiger partial charge in [0.05, 0.1) is 34.7 Å². The molecule has 8 heteroatoms. The van der Waals surface area contributed by atoms with Crippen molar-refractivity contribution >= 4 is 40.8 Å². The summed E-state index contributed by atoms with van der Waals surface area (Å²) in [6.45, 7) is 10.7. The SMILES string of the molecule is C/C(=C\c1csc(C)n1)[C@@H]1C/C=C(/CCl)CCC[C@H](C)[C@H](O)[C@@H](C)C(=O)C(C)(C)[C@@H](O)CC(=O)O1. The molecule has 2 N–H and O–H groups in total. The molecule has 0 saturated carbocycles. The summed E-state index contributed by atoms with van der Waals surface area (Å²) >= 11 is 7.75. The summed E-state index contributed by atoms with van der Waals surface area (Å²) in [5, 5.41) is 24.5. The first kappa shape index (κ1) is 29.7. The van der Waals surface area contributed by atoms with Crippen molar-refractivity contribution in [3.63, 3.8) is 0 Å². The van der Waals surface area contributed by atoms with Gasteiger partial charge in [-0.15, -0.1) is 22.9 Å². The molecular formula is C27H40ClNO5S. The third-order valence-electron chi connectivity index (χ3n) is 7.08. The van der Waals surface area contributed by atoms with E-state index in [4.69, 9.17) is 16.3 Å². The first-order valence-corrected chi connectivity index (χ1v) is 13.7. The minimum atomic E-state index is -1.24. The molecule has 1 aliphatic rings. The molecule has 0 amide bonds. The lowest BCUT2D eigenvalue weighted by atomic mass is 9.73. The molecule has 0 saturated heterocycles. The number of cyclic esters (lactones) is 1. The van der Waals surface area contributed by atoms with Crippen LogP contribution in [0.4, 0.5) is 0 Å². The van der Waals surface area contributed by atoms with Crippen LogP contribution in [0.2, 0.25) is 0 Å². The molecular weight excluding hydrogens is 486 g/mol. The van der Waals surface area contributed by atoms with Gasteiger partial charge in [-0.25, -0.2) is 4.98 Å². The molecule has 6 nitrogen and oxygen atoms in total. The van der Waals surface area contributed by atoms with E-state index in [-0.39, 0.29) is 18.1 Å². The number of aliphatic hydroxyl groups excluding tert-OH is 2. The number of alkyl halides is 1. The molecule has 2 heterocycles. The summed E-state index contributed by atoms with van der Waals surface area (Å²) in [4.78, 5) is 30.5. The lowest BCUT2D eigenvalue weighted by Gasteiger charge is -2.34. The second-order valence-corrected chi connectivity index (χ2v) is 11.7. The Bertz CT molecular complexity index is 938. The Hall–Kier alpha value is -1.54. The number of esters is 1. The number of allylic oxidation sites excluding steroid dienone is 1. The number of ether oxygens (including phenoxy) is 1. The largest absolute Gasteiger partial charge is 0.457 e. The number of halogens is 1. The number of nitrogens with zero attached hydrogens (tertiary/aromatic N) is 1. The van der Waals surface area contributed by atoms with Crippen LogP contribution in [-0.4, -0.2) is 51.1 Å². The third kappa shape index (κ3) is 8.24. The molecule has 1 aromatic rings. The van der Waals surface area contributed by atoms with Crippen LogP contribution in [-0.2, 0) is 14.3 Å². The molecule has 0 spiro atoms. The minimum absolute atomic E-state index is 0.0872. The number of rotatable bonds is 3. The molecule has 196 valence electrons. The van der Waals surface area contributed by atoms with Gasteiger partial charge in [0, 0.05) is 23.6 Å². The van der Waals surface area contributed by atoms with E-state index in [1.54, 1.807) is 32.1 Å². The van der Waals surface area contributed by atoms with Crippen molar-refractivity contribution in [2.45, 2.75) is 92.0 Å². The third-order valence-corrected chi connectivity index (χ3v) is 8.22. The molecule has 0 bridgehead atoms. The summed E-state index contributed by atoms with van der Waals surface area (Å²) in [6, 6.07) is 0. The van der Waals surface area contributed by atoms with E-state index >= 15 is 0 Å². The van der Waals surface area contributed by atoms with Gasteiger partial charge >= 0.3 is 5.97 Å². The average Bonchev–Trinajstić information content (AvgIpc) is 3.21. The fraction of sp³-hybridized carbons (Fsp3) is 0.667. The van der Waals surface area contributed by atoms with Gasteiger partial charge in [0.25, 0.3) is 0 Å². The molecule has 35 heavy (non-hydrogen) atoms. The molecule has 0 unspecified atom stereocenters. The Morgan fingerprint density at radius 3 is 2.60 bits per heavy atom. The Morgan fingerprint density at radius 2 is 2.00 bits per heavy atom. The maximum atomic E-state index is 13.2. The highest BCUT2D eigenvalue weighted by Crippen LogP contribution is 2.32. The van der Waals surface area contributed by atoms with Crippen molar-refractivity contribution in [1.29, 1.82) is 0 Å². The zero-order chi connectivity index (χ0) is 26.3. The second-order valence-electron chi connectivity index (χ2n) is 10.3. The molecule has 1 aromatic heterocycles. The topological polar surface area (TPSA) is 96.7 Å². The molecule has 0 fully saturated rings. The van der Waals surface area contributed by atoms with Gasteiger partial charge in [-0.05, 0) is 50.7 Å². The smallest absolute Gasteiger partial charge is 0.309 e. The van der Waals surface area contributed by atoms with Gasteiger partial charge < -0.3 is 14.9 Å². The van der Waals surface area contributed by atoms with E-state index in [9.17, 15) is 19.8 Å². The number of hydrogen-bond acceptors (Lipinski definition) is 7. The number of ketones is 1. The van der Waals surface area contributed by atoms with Crippen LogP contribution in [0.1, 0.15) is 77.4 Å². The van der Waals surface area contributed by atoms with Gasteiger partial charge in [0.2, 0.25) is 0 Å². The summed E-state index contributed by atoms with van der Waals surface area (Å²) in [5.74, 6) is -1.23. The standard InChI is InChI=1S/C27H40ClNO5S/c1-16-8-7-9-20(14-28)10-11-22(17(2)12-21-15-35-19(4)29-21)34-24(31)13-23(30)27(5,6)26(33)18(3)25(16)32/h10,12,15-16,18,22-23,25,30,32H,7-9,11,13-14H2,1-6H3/b17-12+,20-10+/t16-,18+,22-,23-,25-/m0/s1. The number of Topliss-reactive ketones (excluding diaryl/α,β-unsaturated/α-hetero) is 1. The van der Waals surface area contributed by atoms with Crippen LogP contribution in [0, 0.1) is 24.2 Å². The van der Waals surface area contributed by atoms with E-state index < -0.39 is 35.6 Å². The van der Waals surface area contributed by atoms with Crippen LogP contribution in [0.15, 0.2) is 22.6 Å². The quantitative estimate of drug-likeness (QED) is 0.308. The Balaban J connectivity index is 2.37. The highest BCUT2D eigenvalue weighted by molar-refractivity contribution is 7.09. The molecule has 0 radical (unpaired) electrons. The Kier molecular flexibility index (Phi) is 11.1. The van der Waals surface area contributed by atoms with Crippen molar-refractivity contribution in [1.82, 2.24) is 4.98 Å². The highest BCUT2D eigenvalue weighted by atomic mass is 35.5. The fourth-order valence-corrected chi connectivity index (χ4v) is 5.25. The molecule has 2 rings (SSSR count). The summed E-state index contributed by atoms with van der Waals surface area (Å²) in [7, 11) is 0. The van der Waals surface area contributed by atoms with E-state index in [2.05, 4.69) is 4.98 Å². The zero-order valence-corrected chi connectivity index (χ0v) is 23.3. The van der Waals surface area contributed by atoms with Gasteiger partial charge in [0.15, 0.2) is 0 Å². The fourth-order valence-electron chi connectivity index (χ4n) is 4.44. The Morgan fingerprint density at radius 1 is 1.31 bits per heavy atom. The molecule has 0 aliphatic carbocycles. The van der Waals surface area contributed by atoms with E-state index in [1.807, 2.05) is 38.3 Å². The summed E-state index contributed by atoms with van der Waals surface area (Å²) in [6.07, 6.45) is 3.79. The van der Waals surface area contributed by atoms with Crippen molar-refractivity contribution in [3.05, 3.63) is 33.3 Å². The number of hydrogen-bond donors (Lipinski definition) is 2. The van der Waals surface area contributed by atoms with Crippen LogP contribution in [0.3, 0.4) is 0 Å². The zero-order valence-electron chi connectivity index (χ0n) is 21.7. The first-order valence-electron chi connectivity index (χ1n) is 12.3. The number of aromatic nitrogens is 1. The number of carbonyl (C=O) groups excluding carboxylic acids is 2. The number of aliphatic hydroxyl groups is 2. The predicted molar refractivity (Wildman–Crippen MR) is 141 cm³/mol. The maximum absolute atomic E-state index is 13.2. The van der Waals surface area contributed by atoms with E-state index in [0.717, 1.165) is 41.1 Å². The van der Waals surface area contributed by atoms with Crippen molar-refractivity contribution in [2.24, 2.45) is 17.3 Å². The second kappa shape index (κ2) is 13.1. The van der Waals surface area contributed by atoms with E-state index in [1.165, 1.54) is 0 Å². The lowest BCUT2D eigenvalue weighted by Crippen LogP contribution is -2.45. The minimum Gasteiger partial charge on any atom is -0.457 e. The van der Waals surface area contributed by atoms with Crippen LogP contribution >= 0.6 is 22.9 Å². The van der Waals surface area contributed by atoms with Crippen LogP contribution < -0.4 is 0 Å². The molecule has 1 aliphatic heterocycles. The predicted octanol–water partition coefficient (Wildman–Crippen LogP) is 5.49. The highest BCUT2D eigenvalue weighted by Gasteiger charge is 2.42. The summed E-state index contributed by atoms with van der Waals surface area (Å²) < 4.78 is 5.81. The van der Waals surface area contributed by atoms with Crippen LogP contribution in [0.25, 0.3) is 6.08 Å². The van der Waals surface area contributed by atoms with E-state index in [0.29, 0.717) is 12.3 Å². The van der Waals surface area contributed by atoms with Gasteiger partial charge in [0.1, 0.15) is 11.9 Å². The summed E-state index contributed by atoms with van der Waals surface area (Å²) in [5.41, 5.74) is 1.48. The van der Waals surface area contributed by atoms with Crippen molar-refractivity contribution in [3.8, 4) is 0 Å². The van der Waals surface area contributed by atoms with Gasteiger partial charge in [-0.3, -0.25) is 9.59 Å². The van der Waals surface area contributed by atoms with Gasteiger partial charge in [-0.1, -0.05) is 39.3 Å². The molecule has 5 atom stereocenters. The van der Waals surface area contributed by atoms with Gasteiger partial charge in [-0.2, -0.15) is 0 Å².